The van der Waals surface area contributed by atoms with Crippen molar-refractivity contribution in [3.8, 4) is 5.75 Å². The molecular formula is C32H37N3O5. The number of nitrogens with one attached hydrogen (secondary N) is 2. The molecule has 8 heteroatoms. The van der Waals surface area contributed by atoms with Crippen LogP contribution < -0.4 is 20.3 Å². The number of nitrogens with zero attached hydrogens (tertiary/aromatic N) is 1. The molecule has 0 atom stereocenters. The van der Waals surface area contributed by atoms with Crippen LogP contribution in [-0.4, -0.2) is 37.7 Å². The molecule has 210 valence electrons. The van der Waals surface area contributed by atoms with Crippen LogP contribution in [0.4, 0.5) is 21.9 Å². The summed E-state index contributed by atoms with van der Waals surface area (Å²) in [4.78, 5) is 39.5. The van der Waals surface area contributed by atoms with Crippen molar-refractivity contribution in [3.63, 3.8) is 0 Å². The Kier molecular flexibility index (Phi) is 8.07. The Labute approximate surface area is 235 Å². The fraction of sp³-hybridized carbons (Fsp3) is 0.406. The monoisotopic (exact) mass is 543 g/mol. The lowest BCUT2D eigenvalue weighted by Gasteiger charge is -2.24. The maximum Gasteiger partial charge on any atom is 0.323 e. The van der Waals surface area contributed by atoms with E-state index in [0.29, 0.717) is 29.6 Å². The van der Waals surface area contributed by atoms with Crippen molar-refractivity contribution in [1.29, 1.82) is 0 Å². The molecule has 0 saturated carbocycles. The third-order valence-corrected chi connectivity index (χ3v) is 7.66. The molecule has 2 aliphatic rings. The van der Waals surface area contributed by atoms with Crippen molar-refractivity contribution in [2.24, 2.45) is 5.92 Å². The van der Waals surface area contributed by atoms with Gasteiger partial charge in [-0.15, -0.1) is 0 Å². The van der Waals surface area contributed by atoms with E-state index in [4.69, 9.17) is 9.47 Å². The van der Waals surface area contributed by atoms with Crippen molar-refractivity contribution in [1.82, 2.24) is 0 Å². The van der Waals surface area contributed by atoms with Crippen molar-refractivity contribution in [2.75, 3.05) is 35.4 Å². The predicted octanol–water partition coefficient (Wildman–Crippen LogP) is 6.63. The van der Waals surface area contributed by atoms with Gasteiger partial charge in [0, 0.05) is 36.8 Å². The first-order valence-corrected chi connectivity index (χ1v) is 14.0. The number of carbonyl (C=O) groups is 3. The number of anilines is 3. The number of amides is 4. The molecule has 2 N–H and O–H groups in total. The van der Waals surface area contributed by atoms with Gasteiger partial charge in [0.15, 0.2) is 0 Å². The smallest absolute Gasteiger partial charge is 0.323 e. The van der Waals surface area contributed by atoms with E-state index in [9.17, 15) is 14.4 Å². The van der Waals surface area contributed by atoms with E-state index in [2.05, 4.69) is 31.4 Å². The lowest BCUT2D eigenvalue weighted by molar-refractivity contribution is -0.121. The number of imide groups is 1. The topological polar surface area (TPSA) is 97.0 Å². The lowest BCUT2D eigenvalue weighted by Crippen LogP contribution is -2.30. The van der Waals surface area contributed by atoms with Crippen LogP contribution in [0.2, 0.25) is 0 Å². The van der Waals surface area contributed by atoms with Crippen molar-refractivity contribution in [3.05, 3.63) is 60.2 Å². The van der Waals surface area contributed by atoms with Gasteiger partial charge in [0.25, 0.3) is 0 Å². The quantitative estimate of drug-likeness (QED) is 0.326. The van der Waals surface area contributed by atoms with Crippen LogP contribution in [0.25, 0.3) is 10.8 Å². The van der Waals surface area contributed by atoms with Gasteiger partial charge < -0.3 is 20.1 Å². The molecule has 0 bridgehead atoms. The molecule has 2 fully saturated rings. The maximum atomic E-state index is 13.3. The number of hydrogen-bond donors (Lipinski definition) is 2. The highest BCUT2D eigenvalue weighted by atomic mass is 16.5. The normalized spacial score (nSPS) is 16.4. The third-order valence-electron chi connectivity index (χ3n) is 7.66. The number of fused-ring (bicyclic) bond motifs is 1. The molecule has 0 unspecified atom stereocenters. The molecule has 2 heterocycles. The molecular weight excluding hydrogens is 506 g/mol. The third kappa shape index (κ3) is 6.12. The molecule has 0 radical (unpaired) electrons. The van der Waals surface area contributed by atoms with Crippen LogP contribution in [0.5, 0.6) is 5.75 Å². The number of hydrogen-bond acceptors (Lipinski definition) is 5. The second kappa shape index (κ2) is 11.7. The van der Waals surface area contributed by atoms with Crippen LogP contribution in [0.15, 0.2) is 54.6 Å². The van der Waals surface area contributed by atoms with E-state index in [1.807, 2.05) is 48.5 Å². The van der Waals surface area contributed by atoms with E-state index >= 15 is 0 Å². The summed E-state index contributed by atoms with van der Waals surface area (Å²) in [7, 11) is 0. The van der Waals surface area contributed by atoms with Crippen molar-refractivity contribution >= 4 is 45.7 Å². The van der Waals surface area contributed by atoms with Gasteiger partial charge >= 0.3 is 6.03 Å². The maximum absolute atomic E-state index is 13.3. The van der Waals surface area contributed by atoms with Gasteiger partial charge in [-0.05, 0) is 60.4 Å². The van der Waals surface area contributed by atoms with Gasteiger partial charge in [-0.2, -0.15) is 0 Å². The molecule has 2 saturated heterocycles. The van der Waals surface area contributed by atoms with E-state index in [-0.39, 0.29) is 30.1 Å². The highest BCUT2D eigenvalue weighted by Crippen LogP contribution is 2.36. The lowest BCUT2D eigenvalue weighted by atomic mass is 9.86. The van der Waals surface area contributed by atoms with E-state index in [1.54, 1.807) is 6.07 Å². The summed E-state index contributed by atoms with van der Waals surface area (Å²) in [6.45, 7) is 8.47. The Hall–Kier alpha value is -3.91. The van der Waals surface area contributed by atoms with Gasteiger partial charge in [-0.25, -0.2) is 9.69 Å². The molecule has 0 spiro atoms. The summed E-state index contributed by atoms with van der Waals surface area (Å²) < 4.78 is 11.6. The minimum absolute atomic E-state index is 0.168. The molecule has 2 aliphatic heterocycles. The first-order valence-electron chi connectivity index (χ1n) is 14.0. The number of rotatable bonds is 7. The number of ether oxygens (including phenoxy) is 2. The largest absolute Gasteiger partial charge is 0.493 e. The second-order valence-corrected chi connectivity index (χ2v) is 11.5. The molecule has 40 heavy (non-hydrogen) atoms. The zero-order chi connectivity index (χ0) is 28.3. The highest BCUT2D eigenvalue weighted by Gasteiger charge is 2.32. The highest BCUT2D eigenvalue weighted by molar-refractivity contribution is 6.22. The van der Waals surface area contributed by atoms with Gasteiger partial charge in [0.05, 0.1) is 23.7 Å². The van der Waals surface area contributed by atoms with E-state index in [1.165, 1.54) is 4.90 Å². The second-order valence-electron chi connectivity index (χ2n) is 11.5. The summed E-state index contributed by atoms with van der Waals surface area (Å²) >= 11 is 0. The Morgan fingerprint density at radius 2 is 1.60 bits per heavy atom. The summed E-state index contributed by atoms with van der Waals surface area (Å²) in [5.74, 6) is 0.864. The molecule has 3 aromatic carbocycles. The zero-order valence-corrected chi connectivity index (χ0v) is 23.4. The fourth-order valence-electron chi connectivity index (χ4n) is 5.30. The molecule has 0 aromatic heterocycles. The van der Waals surface area contributed by atoms with E-state index in [0.717, 1.165) is 54.6 Å². The molecule has 3 aromatic rings. The molecule has 0 aliphatic carbocycles. The minimum atomic E-state index is -0.468. The fourth-order valence-corrected chi connectivity index (χ4v) is 5.30. The Morgan fingerprint density at radius 3 is 2.30 bits per heavy atom. The number of urea groups is 1. The van der Waals surface area contributed by atoms with Crippen LogP contribution in [-0.2, 0) is 19.7 Å². The molecule has 5 rings (SSSR count). The van der Waals surface area contributed by atoms with Gasteiger partial charge in [-0.3, -0.25) is 9.59 Å². The van der Waals surface area contributed by atoms with Crippen LogP contribution in [0, 0.1) is 5.92 Å². The summed E-state index contributed by atoms with van der Waals surface area (Å²) in [5.41, 5.74) is 2.20. The van der Waals surface area contributed by atoms with Crippen LogP contribution in [0.1, 0.15) is 58.4 Å². The van der Waals surface area contributed by atoms with Gasteiger partial charge in [0.2, 0.25) is 11.8 Å². The first-order chi connectivity index (χ1) is 19.2. The Morgan fingerprint density at radius 1 is 0.925 bits per heavy atom. The Balaban J connectivity index is 1.35. The predicted molar refractivity (Wildman–Crippen MR) is 157 cm³/mol. The van der Waals surface area contributed by atoms with E-state index < -0.39 is 6.03 Å². The number of benzene rings is 3. The zero-order valence-electron chi connectivity index (χ0n) is 23.4. The average molecular weight is 544 g/mol. The molecule has 4 amide bonds. The van der Waals surface area contributed by atoms with Crippen LogP contribution >= 0.6 is 0 Å². The Bertz CT molecular complexity index is 1410. The number of carbonyl (C=O) groups excluding carboxylic acids is 3. The minimum Gasteiger partial charge on any atom is -0.493 e. The summed E-state index contributed by atoms with van der Waals surface area (Å²) in [6.07, 6.45) is 3.46. The summed E-state index contributed by atoms with van der Waals surface area (Å²) in [5, 5.41) is 7.63. The standard InChI is InChI=1S/C32H37N3O5/c1-32(2,3)22-8-10-27(35-29(36)12-13-30(35)37)26(20-22)34-31(38)33-25-9-11-28(24-7-5-4-6-23(24)25)40-19-16-21-14-17-39-18-15-21/h4-11,20-21H,12-19H2,1-3H3,(H2,33,34,38). The van der Waals surface area contributed by atoms with Gasteiger partial charge in [-0.1, -0.05) is 51.1 Å². The van der Waals surface area contributed by atoms with Crippen molar-refractivity contribution in [2.45, 2.75) is 58.3 Å². The van der Waals surface area contributed by atoms with Crippen LogP contribution in [0.3, 0.4) is 0 Å². The SMILES string of the molecule is CC(C)(C)c1ccc(N2C(=O)CCC2=O)c(NC(=O)Nc2ccc(OCCC3CCOCC3)c3ccccc23)c1. The van der Waals surface area contributed by atoms with Crippen molar-refractivity contribution < 1.29 is 23.9 Å². The molecule has 8 nitrogen and oxygen atoms in total. The van der Waals surface area contributed by atoms with Gasteiger partial charge in [0.1, 0.15) is 5.75 Å². The summed E-state index contributed by atoms with van der Waals surface area (Å²) in [6, 6.07) is 16.5. The average Bonchev–Trinajstić information content (AvgIpc) is 3.27. The first kappa shape index (κ1) is 27.6.